The molecule has 1 N–H and O–H groups in total. The summed E-state index contributed by atoms with van der Waals surface area (Å²) in [6.45, 7) is 11.6. The molecule has 20 heavy (non-hydrogen) atoms. The second kappa shape index (κ2) is 7.41. The van der Waals surface area contributed by atoms with Crippen molar-refractivity contribution in [2.24, 2.45) is 5.92 Å². The minimum absolute atomic E-state index is 0.148. The summed E-state index contributed by atoms with van der Waals surface area (Å²) in [5.74, 6) is 1.13. The first-order chi connectivity index (χ1) is 9.59. The van der Waals surface area contributed by atoms with E-state index in [1.807, 2.05) is 0 Å². The molecule has 2 atom stereocenters. The van der Waals surface area contributed by atoms with Gasteiger partial charge in [0.25, 0.3) is 0 Å². The highest BCUT2D eigenvalue weighted by Gasteiger charge is 2.36. The van der Waals surface area contributed by atoms with Crippen molar-refractivity contribution in [2.75, 3.05) is 32.7 Å². The normalized spacial score (nSPS) is 26.2. The van der Waals surface area contributed by atoms with Gasteiger partial charge in [-0.05, 0) is 45.1 Å². The average Bonchev–Trinajstić information content (AvgIpc) is 2.94. The van der Waals surface area contributed by atoms with Crippen molar-refractivity contribution in [3.63, 3.8) is 0 Å². The van der Waals surface area contributed by atoms with Crippen LogP contribution in [0.2, 0.25) is 0 Å². The lowest BCUT2D eigenvalue weighted by molar-refractivity contribution is -0.137. The quantitative estimate of drug-likeness (QED) is 0.833. The maximum atomic E-state index is 12.7. The highest BCUT2D eigenvalue weighted by atomic mass is 16.2. The largest absolute Gasteiger partial charge is 0.339 e. The van der Waals surface area contributed by atoms with E-state index in [4.69, 9.17) is 0 Å². The molecule has 0 aromatic rings. The van der Waals surface area contributed by atoms with Crippen molar-refractivity contribution in [1.29, 1.82) is 0 Å². The Kier molecular flexibility index (Phi) is 5.85. The van der Waals surface area contributed by atoms with Crippen molar-refractivity contribution in [1.82, 2.24) is 15.1 Å². The standard InChI is InChI=1S/C16H31N3O/c1-13(2)6-7-14(3)19-10-4-5-15(19)16(20)18-11-8-17-9-12-18/h13-15,17H,4-12H2,1-3H3. The molecule has 4 nitrogen and oxygen atoms in total. The van der Waals surface area contributed by atoms with E-state index in [2.05, 4.69) is 35.9 Å². The monoisotopic (exact) mass is 281 g/mol. The van der Waals surface area contributed by atoms with Gasteiger partial charge in [0, 0.05) is 32.2 Å². The van der Waals surface area contributed by atoms with E-state index >= 15 is 0 Å². The van der Waals surface area contributed by atoms with Gasteiger partial charge in [0.1, 0.15) is 0 Å². The van der Waals surface area contributed by atoms with E-state index in [1.165, 1.54) is 19.3 Å². The van der Waals surface area contributed by atoms with Gasteiger partial charge in [-0.3, -0.25) is 9.69 Å². The summed E-state index contributed by atoms with van der Waals surface area (Å²) in [5, 5.41) is 3.32. The predicted molar refractivity (Wildman–Crippen MR) is 82.7 cm³/mol. The molecule has 1 amide bonds. The lowest BCUT2D eigenvalue weighted by Gasteiger charge is -2.35. The molecule has 2 saturated heterocycles. The van der Waals surface area contributed by atoms with Crippen LogP contribution in [0.15, 0.2) is 0 Å². The van der Waals surface area contributed by atoms with Crippen LogP contribution in [0.1, 0.15) is 46.5 Å². The SMILES string of the molecule is CC(C)CCC(C)N1CCCC1C(=O)N1CCNCC1. The summed E-state index contributed by atoms with van der Waals surface area (Å²) in [6.07, 6.45) is 4.69. The van der Waals surface area contributed by atoms with Crippen LogP contribution >= 0.6 is 0 Å². The molecule has 0 saturated carbocycles. The molecule has 0 spiro atoms. The van der Waals surface area contributed by atoms with Gasteiger partial charge < -0.3 is 10.2 Å². The Hall–Kier alpha value is -0.610. The Morgan fingerprint density at radius 2 is 1.85 bits per heavy atom. The molecule has 2 fully saturated rings. The molecule has 2 aliphatic rings. The van der Waals surface area contributed by atoms with Crippen LogP contribution in [0, 0.1) is 5.92 Å². The summed E-state index contributed by atoms with van der Waals surface area (Å²) in [5.41, 5.74) is 0. The number of likely N-dealkylation sites (tertiary alicyclic amines) is 1. The van der Waals surface area contributed by atoms with E-state index in [9.17, 15) is 4.79 Å². The third-order valence-electron chi connectivity index (χ3n) is 4.74. The van der Waals surface area contributed by atoms with Crippen molar-refractivity contribution in [3.05, 3.63) is 0 Å². The highest BCUT2D eigenvalue weighted by molar-refractivity contribution is 5.82. The molecule has 0 bridgehead atoms. The van der Waals surface area contributed by atoms with Gasteiger partial charge >= 0.3 is 0 Å². The summed E-state index contributed by atoms with van der Waals surface area (Å²) >= 11 is 0. The molecule has 0 aliphatic carbocycles. The number of amides is 1. The lowest BCUT2D eigenvalue weighted by Crippen LogP contribution is -2.53. The number of hydrogen-bond acceptors (Lipinski definition) is 3. The highest BCUT2D eigenvalue weighted by Crippen LogP contribution is 2.24. The summed E-state index contributed by atoms with van der Waals surface area (Å²) in [6, 6.07) is 0.687. The van der Waals surface area contributed by atoms with Gasteiger partial charge in [-0.2, -0.15) is 0 Å². The fourth-order valence-corrected chi connectivity index (χ4v) is 3.42. The molecular formula is C16H31N3O. The number of nitrogens with one attached hydrogen (secondary N) is 1. The minimum Gasteiger partial charge on any atom is -0.339 e. The number of nitrogens with zero attached hydrogens (tertiary/aromatic N) is 2. The van der Waals surface area contributed by atoms with Gasteiger partial charge in [-0.25, -0.2) is 0 Å². The second-order valence-electron chi connectivity index (χ2n) is 6.79. The van der Waals surface area contributed by atoms with Gasteiger partial charge in [0.05, 0.1) is 6.04 Å². The van der Waals surface area contributed by atoms with E-state index in [1.54, 1.807) is 0 Å². The third kappa shape index (κ3) is 3.95. The summed E-state index contributed by atoms with van der Waals surface area (Å²) in [4.78, 5) is 17.2. The number of hydrogen-bond donors (Lipinski definition) is 1. The molecule has 2 unspecified atom stereocenters. The van der Waals surface area contributed by atoms with Crippen LogP contribution in [0.5, 0.6) is 0 Å². The average molecular weight is 281 g/mol. The van der Waals surface area contributed by atoms with Crippen molar-refractivity contribution >= 4 is 5.91 Å². The summed E-state index contributed by atoms with van der Waals surface area (Å²) in [7, 11) is 0. The number of rotatable bonds is 5. The first-order valence-electron chi connectivity index (χ1n) is 8.35. The lowest BCUT2D eigenvalue weighted by atomic mass is 10.0. The molecule has 0 aromatic heterocycles. The second-order valence-corrected chi connectivity index (χ2v) is 6.79. The zero-order valence-corrected chi connectivity index (χ0v) is 13.4. The van der Waals surface area contributed by atoms with Crippen molar-refractivity contribution in [3.8, 4) is 0 Å². The van der Waals surface area contributed by atoms with E-state index in [-0.39, 0.29) is 6.04 Å². The smallest absolute Gasteiger partial charge is 0.240 e. The first kappa shape index (κ1) is 15.8. The predicted octanol–water partition coefficient (Wildman–Crippen LogP) is 1.71. The Bertz CT molecular complexity index is 313. The fraction of sp³-hybridized carbons (Fsp3) is 0.938. The van der Waals surface area contributed by atoms with E-state index < -0.39 is 0 Å². The molecule has 2 rings (SSSR count). The van der Waals surface area contributed by atoms with Crippen LogP contribution in [-0.4, -0.2) is 60.5 Å². The maximum absolute atomic E-state index is 12.7. The van der Waals surface area contributed by atoms with Crippen LogP contribution in [0.25, 0.3) is 0 Å². The molecule has 2 aliphatic heterocycles. The van der Waals surface area contributed by atoms with Crippen LogP contribution < -0.4 is 5.32 Å². The molecule has 116 valence electrons. The van der Waals surface area contributed by atoms with Gasteiger partial charge in [0.2, 0.25) is 5.91 Å². The molecule has 0 aromatic carbocycles. The Balaban J connectivity index is 1.90. The Morgan fingerprint density at radius 3 is 2.50 bits per heavy atom. The molecular weight excluding hydrogens is 250 g/mol. The number of carbonyl (C=O) groups excluding carboxylic acids is 1. The zero-order valence-electron chi connectivity index (χ0n) is 13.4. The Labute approximate surface area is 123 Å². The third-order valence-corrected chi connectivity index (χ3v) is 4.74. The molecule has 2 heterocycles. The first-order valence-corrected chi connectivity index (χ1v) is 8.35. The van der Waals surface area contributed by atoms with Gasteiger partial charge in [-0.1, -0.05) is 13.8 Å². The minimum atomic E-state index is 0.148. The molecule has 4 heteroatoms. The maximum Gasteiger partial charge on any atom is 0.240 e. The zero-order chi connectivity index (χ0) is 14.5. The van der Waals surface area contributed by atoms with Gasteiger partial charge in [-0.15, -0.1) is 0 Å². The van der Waals surface area contributed by atoms with Crippen LogP contribution in [-0.2, 0) is 4.79 Å². The topological polar surface area (TPSA) is 35.6 Å². The van der Waals surface area contributed by atoms with Gasteiger partial charge in [0.15, 0.2) is 0 Å². The van der Waals surface area contributed by atoms with Crippen molar-refractivity contribution < 1.29 is 4.79 Å². The van der Waals surface area contributed by atoms with E-state index in [0.29, 0.717) is 11.9 Å². The van der Waals surface area contributed by atoms with Crippen LogP contribution in [0.4, 0.5) is 0 Å². The van der Waals surface area contributed by atoms with E-state index in [0.717, 1.165) is 45.1 Å². The van der Waals surface area contributed by atoms with Crippen molar-refractivity contribution in [2.45, 2.75) is 58.5 Å². The Morgan fingerprint density at radius 1 is 1.15 bits per heavy atom. The number of carbonyl (C=O) groups is 1. The van der Waals surface area contributed by atoms with Crippen LogP contribution in [0.3, 0.4) is 0 Å². The fourth-order valence-electron chi connectivity index (χ4n) is 3.42. The molecule has 0 radical (unpaired) electrons. The number of piperazine rings is 1. The summed E-state index contributed by atoms with van der Waals surface area (Å²) < 4.78 is 0.